The van der Waals surface area contributed by atoms with E-state index in [-0.39, 0.29) is 5.91 Å². The zero-order valence-corrected chi connectivity index (χ0v) is 16.0. The lowest BCUT2D eigenvalue weighted by molar-refractivity contribution is -0.130. The lowest BCUT2D eigenvalue weighted by Gasteiger charge is -2.36. The van der Waals surface area contributed by atoms with Crippen LogP contribution in [0.5, 0.6) is 0 Å². The Bertz CT molecular complexity index is 787. The molecule has 3 rings (SSSR count). The molecular formula is C20H29N5O. The minimum Gasteiger partial charge on any atom is -0.358 e. The number of aromatic nitrogens is 1. The third kappa shape index (κ3) is 4.00. The number of aryl methyl sites for hydroxylation is 1. The highest BCUT2D eigenvalue weighted by molar-refractivity contribution is 5.84. The first-order chi connectivity index (χ1) is 12.6. The van der Waals surface area contributed by atoms with E-state index < -0.39 is 0 Å². The van der Waals surface area contributed by atoms with E-state index in [1.165, 1.54) is 22.2 Å². The smallest absolute Gasteiger partial charge is 0.219 e. The van der Waals surface area contributed by atoms with Gasteiger partial charge in [-0.3, -0.25) is 9.79 Å². The van der Waals surface area contributed by atoms with Crippen LogP contribution < -0.4 is 5.32 Å². The zero-order valence-electron chi connectivity index (χ0n) is 16.0. The van der Waals surface area contributed by atoms with Crippen LogP contribution in [0.15, 0.2) is 29.3 Å². The zero-order chi connectivity index (χ0) is 18.5. The summed E-state index contributed by atoms with van der Waals surface area (Å²) >= 11 is 0. The first-order valence-electron chi connectivity index (χ1n) is 9.45. The fourth-order valence-corrected chi connectivity index (χ4v) is 3.59. The summed E-state index contributed by atoms with van der Waals surface area (Å²) < 4.78 is 0. The van der Waals surface area contributed by atoms with Gasteiger partial charge >= 0.3 is 0 Å². The maximum absolute atomic E-state index is 11.5. The Kier molecular flexibility index (Phi) is 5.81. The SMILES string of the molecule is CCNC(=NCCc1c(C)[nH]c2ccccc12)N1CCN(C(C)=O)CC1. The Labute approximate surface area is 155 Å². The quantitative estimate of drug-likeness (QED) is 0.652. The van der Waals surface area contributed by atoms with Crippen LogP contribution in [0.2, 0.25) is 0 Å². The van der Waals surface area contributed by atoms with Crippen LogP contribution in [-0.2, 0) is 11.2 Å². The number of para-hydroxylation sites is 1. The van der Waals surface area contributed by atoms with Crippen LogP contribution >= 0.6 is 0 Å². The number of piperazine rings is 1. The Balaban J connectivity index is 1.66. The van der Waals surface area contributed by atoms with Gasteiger partial charge in [0.25, 0.3) is 0 Å². The number of carbonyl (C=O) groups excluding carboxylic acids is 1. The van der Waals surface area contributed by atoms with E-state index in [1.807, 2.05) is 4.90 Å². The van der Waals surface area contributed by atoms with Crippen LogP contribution in [0.4, 0.5) is 0 Å². The number of amides is 1. The van der Waals surface area contributed by atoms with Crippen molar-refractivity contribution in [3.63, 3.8) is 0 Å². The Morgan fingerprint density at radius 3 is 2.58 bits per heavy atom. The Morgan fingerprint density at radius 2 is 1.88 bits per heavy atom. The predicted octanol–water partition coefficient (Wildman–Crippen LogP) is 2.15. The van der Waals surface area contributed by atoms with Crippen LogP contribution in [0.3, 0.4) is 0 Å². The second kappa shape index (κ2) is 8.25. The lowest BCUT2D eigenvalue weighted by Crippen LogP contribution is -2.53. The second-order valence-corrected chi connectivity index (χ2v) is 6.75. The lowest BCUT2D eigenvalue weighted by atomic mass is 10.1. The average molecular weight is 355 g/mol. The van der Waals surface area contributed by atoms with E-state index >= 15 is 0 Å². The van der Waals surface area contributed by atoms with Gasteiger partial charge in [-0.1, -0.05) is 18.2 Å². The van der Waals surface area contributed by atoms with E-state index in [0.29, 0.717) is 0 Å². The number of benzene rings is 1. The van der Waals surface area contributed by atoms with Crippen LogP contribution in [0.25, 0.3) is 10.9 Å². The Hall–Kier alpha value is -2.50. The van der Waals surface area contributed by atoms with Gasteiger partial charge in [-0.2, -0.15) is 0 Å². The molecule has 0 saturated carbocycles. The van der Waals surface area contributed by atoms with E-state index in [2.05, 4.69) is 53.3 Å². The molecule has 1 aromatic carbocycles. The molecule has 140 valence electrons. The number of nitrogens with zero attached hydrogens (tertiary/aromatic N) is 3. The van der Waals surface area contributed by atoms with Crippen molar-refractivity contribution in [2.75, 3.05) is 39.3 Å². The minimum absolute atomic E-state index is 0.154. The molecule has 0 unspecified atom stereocenters. The number of aliphatic imine (C=N–C) groups is 1. The van der Waals surface area contributed by atoms with Gasteiger partial charge in [-0.25, -0.2) is 0 Å². The molecule has 2 N–H and O–H groups in total. The summed E-state index contributed by atoms with van der Waals surface area (Å²) in [7, 11) is 0. The molecule has 1 aliphatic rings. The second-order valence-electron chi connectivity index (χ2n) is 6.75. The van der Waals surface area contributed by atoms with Crippen molar-refractivity contribution in [3.05, 3.63) is 35.5 Å². The topological polar surface area (TPSA) is 63.7 Å². The van der Waals surface area contributed by atoms with Crippen molar-refractivity contribution in [2.24, 2.45) is 4.99 Å². The molecule has 0 atom stereocenters. The monoisotopic (exact) mass is 355 g/mol. The van der Waals surface area contributed by atoms with Gasteiger partial charge in [-0.15, -0.1) is 0 Å². The molecule has 0 aliphatic carbocycles. The molecule has 26 heavy (non-hydrogen) atoms. The number of H-pyrrole nitrogens is 1. The van der Waals surface area contributed by atoms with Gasteiger partial charge in [0.2, 0.25) is 5.91 Å². The summed E-state index contributed by atoms with van der Waals surface area (Å²) in [5, 5.41) is 4.68. The summed E-state index contributed by atoms with van der Waals surface area (Å²) in [5.74, 6) is 1.11. The van der Waals surface area contributed by atoms with Crippen LogP contribution in [-0.4, -0.2) is 65.9 Å². The molecule has 1 aliphatic heterocycles. The van der Waals surface area contributed by atoms with E-state index in [0.717, 1.165) is 51.6 Å². The van der Waals surface area contributed by atoms with Gasteiger partial charge in [0.15, 0.2) is 5.96 Å². The minimum atomic E-state index is 0.154. The van der Waals surface area contributed by atoms with Crippen molar-refractivity contribution >= 4 is 22.8 Å². The molecule has 1 fully saturated rings. The summed E-state index contributed by atoms with van der Waals surface area (Å²) in [4.78, 5) is 24.0. The molecule has 1 amide bonds. The molecule has 1 saturated heterocycles. The molecule has 0 radical (unpaired) electrons. The molecular weight excluding hydrogens is 326 g/mol. The van der Waals surface area contributed by atoms with Crippen molar-refractivity contribution in [1.29, 1.82) is 0 Å². The van der Waals surface area contributed by atoms with E-state index in [4.69, 9.17) is 4.99 Å². The van der Waals surface area contributed by atoms with Gasteiger partial charge < -0.3 is 20.1 Å². The van der Waals surface area contributed by atoms with E-state index in [1.54, 1.807) is 6.92 Å². The van der Waals surface area contributed by atoms with Gasteiger partial charge in [0.05, 0.1) is 0 Å². The maximum atomic E-state index is 11.5. The third-order valence-corrected chi connectivity index (χ3v) is 5.01. The number of hydrogen-bond donors (Lipinski definition) is 2. The number of hydrogen-bond acceptors (Lipinski definition) is 2. The molecule has 2 aromatic rings. The molecule has 2 heterocycles. The van der Waals surface area contributed by atoms with Gasteiger partial charge in [-0.05, 0) is 31.9 Å². The maximum Gasteiger partial charge on any atom is 0.219 e. The fourth-order valence-electron chi connectivity index (χ4n) is 3.59. The highest BCUT2D eigenvalue weighted by atomic mass is 16.2. The molecule has 6 heteroatoms. The number of carbonyl (C=O) groups is 1. The van der Waals surface area contributed by atoms with E-state index in [9.17, 15) is 4.79 Å². The first-order valence-corrected chi connectivity index (χ1v) is 9.45. The van der Waals surface area contributed by atoms with Crippen molar-refractivity contribution in [1.82, 2.24) is 20.1 Å². The fraction of sp³-hybridized carbons (Fsp3) is 0.500. The van der Waals surface area contributed by atoms with Crippen LogP contribution in [0.1, 0.15) is 25.1 Å². The van der Waals surface area contributed by atoms with Crippen molar-refractivity contribution < 1.29 is 4.79 Å². The largest absolute Gasteiger partial charge is 0.358 e. The highest BCUT2D eigenvalue weighted by Gasteiger charge is 2.20. The van der Waals surface area contributed by atoms with Crippen molar-refractivity contribution in [2.45, 2.75) is 27.2 Å². The number of rotatable bonds is 4. The average Bonchev–Trinajstić information content (AvgIpc) is 2.96. The third-order valence-electron chi connectivity index (χ3n) is 5.01. The summed E-state index contributed by atoms with van der Waals surface area (Å²) in [6.45, 7) is 10.6. The normalized spacial score (nSPS) is 15.6. The summed E-state index contributed by atoms with van der Waals surface area (Å²) in [6.07, 6.45) is 0.915. The van der Waals surface area contributed by atoms with Crippen molar-refractivity contribution in [3.8, 4) is 0 Å². The number of guanidine groups is 1. The number of nitrogens with one attached hydrogen (secondary N) is 2. The molecule has 6 nitrogen and oxygen atoms in total. The number of fused-ring (bicyclic) bond motifs is 1. The van der Waals surface area contributed by atoms with Gasteiger partial charge in [0, 0.05) is 62.8 Å². The van der Waals surface area contributed by atoms with Gasteiger partial charge in [0.1, 0.15) is 0 Å². The summed E-state index contributed by atoms with van der Waals surface area (Å²) in [6, 6.07) is 8.43. The summed E-state index contributed by atoms with van der Waals surface area (Å²) in [5.41, 5.74) is 3.76. The first kappa shape index (κ1) is 18.3. The number of aromatic amines is 1. The van der Waals surface area contributed by atoms with Crippen LogP contribution in [0, 0.1) is 6.92 Å². The molecule has 0 spiro atoms. The molecule has 1 aromatic heterocycles. The highest BCUT2D eigenvalue weighted by Crippen LogP contribution is 2.22. The standard InChI is InChI=1S/C20H29N5O/c1-4-21-20(25-13-11-24(12-14-25)16(3)26)22-10-9-17-15(2)23-19-8-6-5-7-18(17)19/h5-8,23H,4,9-14H2,1-3H3,(H,21,22). The predicted molar refractivity (Wildman–Crippen MR) is 107 cm³/mol. The Morgan fingerprint density at radius 1 is 1.19 bits per heavy atom. The molecule has 0 bridgehead atoms.